The average Bonchev–Trinajstić information content (AvgIpc) is 2.76. The van der Waals surface area contributed by atoms with Crippen molar-refractivity contribution in [1.82, 2.24) is 9.78 Å². The van der Waals surface area contributed by atoms with Gasteiger partial charge in [0.1, 0.15) is 5.69 Å². The first-order valence-electron chi connectivity index (χ1n) is 4.79. The van der Waals surface area contributed by atoms with Gasteiger partial charge in [-0.3, -0.25) is 4.79 Å². The molecule has 1 aromatic heterocycles. The molecule has 2 aromatic rings. The lowest BCUT2D eigenvalue weighted by molar-refractivity contribution is 0.103. The van der Waals surface area contributed by atoms with Crippen LogP contribution in [0, 0.1) is 0 Å². The van der Waals surface area contributed by atoms with E-state index in [0.717, 1.165) is 0 Å². The van der Waals surface area contributed by atoms with E-state index in [1.807, 2.05) is 0 Å². The Morgan fingerprint density at radius 2 is 2.12 bits per heavy atom. The van der Waals surface area contributed by atoms with Crippen LogP contribution in [0.5, 0.6) is 0 Å². The summed E-state index contributed by atoms with van der Waals surface area (Å²) >= 11 is 11.8. The molecular formula is C12H8Cl2N2O. The molecule has 0 fully saturated rings. The maximum Gasteiger partial charge on any atom is 0.212 e. The van der Waals surface area contributed by atoms with Gasteiger partial charge in [0.05, 0.1) is 11.2 Å². The first-order chi connectivity index (χ1) is 8.13. The molecule has 0 aliphatic carbocycles. The minimum atomic E-state index is -0.218. The molecule has 0 atom stereocenters. The molecule has 17 heavy (non-hydrogen) atoms. The Labute approximate surface area is 108 Å². The first-order valence-corrected chi connectivity index (χ1v) is 5.55. The Bertz CT molecular complexity index is 590. The molecule has 1 aromatic carbocycles. The zero-order valence-corrected chi connectivity index (χ0v) is 10.2. The van der Waals surface area contributed by atoms with Gasteiger partial charge in [-0.1, -0.05) is 29.8 Å². The predicted octanol–water partition coefficient (Wildman–Crippen LogP) is 3.52. The minimum absolute atomic E-state index is 0.218. The molecule has 0 amide bonds. The summed E-state index contributed by atoms with van der Waals surface area (Å²) in [6, 6.07) is 6.35. The molecule has 2 rings (SSSR count). The Morgan fingerprint density at radius 3 is 2.76 bits per heavy atom. The van der Waals surface area contributed by atoms with E-state index in [1.54, 1.807) is 18.2 Å². The van der Waals surface area contributed by atoms with Gasteiger partial charge in [-0.2, -0.15) is 5.10 Å². The van der Waals surface area contributed by atoms with Crippen LogP contribution in [0.15, 0.2) is 37.0 Å². The monoisotopic (exact) mass is 266 g/mol. The van der Waals surface area contributed by atoms with E-state index >= 15 is 0 Å². The van der Waals surface area contributed by atoms with Crippen LogP contribution in [0.4, 0.5) is 0 Å². The molecule has 0 saturated heterocycles. The molecule has 0 aliphatic rings. The third kappa shape index (κ3) is 2.25. The number of aromatic nitrogens is 2. The molecule has 0 unspecified atom stereocenters. The number of hydrogen-bond acceptors (Lipinski definition) is 2. The van der Waals surface area contributed by atoms with E-state index in [0.29, 0.717) is 21.3 Å². The van der Waals surface area contributed by atoms with Crippen LogP contribution in [0.3, 0.4) is 0 Å². The fraction of sp³-hybridized carbons (Fsp3) is 0. The number of benzene rings is 1. The van der Waals surface area contributed by atoms with Crippen molar-refractivity contribution in [1.29, 1.82) is 0 Å². The van der Waals surface area contributed by atoms with E-state index < -0.39 is 0 Å². The number of carbonyl (C=O) groups is 1. The maximum absolute atomic E-state index is 12.2. The van der Waals surface area contributed by atoms with Crippen LogP contribution in [0.2, 0.25) is 10.0 Å². The molecule has 3 nitrogen and oxygen atoms in total. The number of ketones is 1. The SMILES string of the molecule is C=Cn1nccc1C(=O)c1ccc(Cl)cc1Cl. The summed E-state index contributed by atoms with van der Waals surface area (Å²) in [5, 5.41) is 4.75. The fourth-order valence-corrected chi connectivity index (χ4v) is 1.95. The summed E-state index contributed by atoms with van der Waals surface area (Å²) in [5.41, 5.74) is 0.795. The molecule has 0 bridgehead atoms. The maximum atomic E-state index is 12.2. The summed E-state index contributed by atoms with van der Waals surface area (Å²) < 4.78 is 1.40. The van der Waals surface area contributed by atoms with Crippen LogP contribution < -0.4 is 0 Å². The van der Waals surface area contributed by atoms with Gasteiger partial charge in [-0.05, 0) is 24.3 Å². The molecule has 86 valence electrons. The van der Waals surface area contributed by atoms with E-state index in [4.69, 9.17) is 23.2 Å². The van der Waals surface area contributed by atoms with Crippen molar-refractivity contribution in [2.45, 2.75) is 0 Å². The molecule has 5 heteroatoms. The first kappa shape index (κ1) is 11.9. The number of halogens is 2. The topological polar surface area (TPSA) is 34.9 Å². The van der Waals surface area contributed by atoms with Crippen molar-refractivity contribution in [2.24, 2.45) is 0 Å². The highest BCUT2D eigenvalue weighted by Crippen LogP contribution is 2.23. The van der Waals surface area contributed by atoms with E-state index in [2.05, 4.69) is 11.7 Å². The molecule has 0 aliphatic heterocycles. The molecule has 1 heterocycles. The van der Waals surface area contributed by atoms with Gasteiger partial charge in [0.2, 0.25) is 5.78 Å². The van der Waals surface area contributed by atoms with Gasteiger partial charge < -0.3 is 0 Å². The van der Waals surface area contributed by atoms with Crippen molar-refractivity contribution >= 4 is 35.2 Å². The average molecular weight is 267 g/mol. The van der Waals surface area contributed by atoms with Crippen LogP contribution in [0.1, 0.15) is 16.1 Å². The number of carbonyl (C=O) groups excluding carboxylic acids is 1. The molecule has 0 saturated carbocycles. The summed E-state index contributed by atoms with van der Waals surface area (Å²) in [6.45, 7) is 3.57. The van der Waals surface area contributed by atoms with Crippen LogP contribution in [-0.4, -0.2) is 15.6 Å². The van der Waals surface area contributed by atoms with Crippen LogP contribution >= 0.6 is 23.2 Å². The third-order valence-corrected chi connectivity index (χ3v) is 2.80. The van der Waals surface area contributed by atoms with Gasteiger partial charge in [0.15, 0.2) is 0 Å². The quantitative estimate of drug-likeness (QED) is 0.797. The van der Waals surface area contributed by atoms with E-state index in [1.165, 1.54) is 23.1 Å². The number of rotatable bonds is 3. The number of hydrogen-bond donors (Lipinski definition) is 0. The molecular weight excluding hydrogens is 259 g/mol. The lowest BCUT2D eigenvalue weighted by Gasteiger charge is -2.04. The molecule has 0 N–H and O–H groups in total. The van der Waals surface area contributed by atoms with Crippen LogP contribution in [0.25, 0.3) is 6.20 Å². The summed E-state index contributed by atoms with van der Waals surface area (Å²) in [6.07, 6.45) is 2.98. The van der Waals surface area contributed by atoms with Crippen molar-refractivity contribution in [2.75, 3.05) is 0 Å². The smallest absolute Gasteiger partial charge is 0.212 e. The third-order valence-electron chi connectivity index (χ3n) is 2.25. The van der Waals surface area contributed by atoms with Gasteiger partial charge in [-0.25, -0.2) is 4.68 Å². The highest BCUT2D eigenvalue weighted by Gasteiger charge is 2.16. The van der Waals surface area contributed by atoms with Gasteiger partial charge >= 0.3 is 0 Å². The second-order valence-corrected chi connectivity index (χ2v) is 4.14. The Morgan fingerprint density at radius 1 is 1.35 bits per heavy atom. The zero-order chi connectivity index (χ0) is 12.4. The second kappa shape index (κ2) is 4.73. The largest absolute Gasteiger partial charge is 0.287 e. The van der Waals surface area contributed by atoms with E-state index in [-0.39, 0.29) is 5.78 Å². The fourth-order valence-electron chi connectivity index (χ4n) is 1.45. The minimum Gasteiger partial charge on any atom is -0.287 e. The summed E-state index contributed by atoms with van der Waals surface area (Å²) in [7, 11) is 0. The van der Waals surface area contributed by atoms with Gasteiger partial charge in [0.25, 0.3) is 0 Å². The second-order valence-electron chi connectivity index (χ2n) is 3.30. The lowest BCUT2D eigenvalue weighted by atomic mass is 10.1. The molecule has 0 radical (unpaired) electrons. The number of nitrogens with zero attached hydrogens (tertiary/aromatic N) is 2. The Balaban J connectivity index is 2.47. The van der Waals surface area contributed by atoms with Gasteiger partial charge in [0, 0.05) is 16.8 Å². The van der Waals surface area contributed by atoms with Crippen molar-refractivity contribution in [3.63, 3.8) is 0 Å². The van der Waals surface area contributed by atoms with Crippen LogP contribution in [-0.2, 0) is 0 Å². The Hall–Kier alpha value is -1.58. The zero-order valence-electron chi connectivity index (χ0n) is 8.73. The highest BCUT2D eigenvalue weighted by molar-refractivity contribution is 6.37. The lowest BCUT2D eigenvalue weighted by Crippen LogP contribution is -2.07. The molecule has 0 spiro atoms. The highest BCUT2D eigenvalue weighted by atomic mass is 35.5. The normalized spacial score (nSPS) is 10.2. The van der Waals surface area contributed by atoms with Gasteiger partial charge in [-0.15, -0.1) is 0 Å². The predicted molar refractivity (Wildman–Crippen MR) is 68.5 cm³/mol. The van der Waals surface area contributed by atoms with Crippen molar-refractivity contribution in [3.8, 4) is 0 Å². The van der Waals surface area contributed by atoms with Crippen molar-refractivity contribution < 1.29 is 4.79 Å². The van der Waals surface area contributed by atoms with Crippen molar-refractivity contribution in [3.05, 3.63) is 58.3 Å². The standard InChI is InChI=1S/C12H8Cl2N2O/c1-2-16-11(5-6-15-16)12(17)9-4-3-8(13)7-10(9)14/h2-7H,1H2. The Kier molecular flexibility index (Phi) is 3.31. The summed E-state index contributed by atoms with van der Waals surface area (Å²) in [5.74, 6) is -0.218. The van der Waals surface area contributed by atoms with E-state index in [9.17, 15) is 4.79 Å². The summed E-state index contributed by atoms with van der Waals surface area (Å²) in [4.78, 5) is 12.2.